The van der Waals surface area contributed by atoms with Gasteiger partial charge >= 0.3 is 0 Å². The highest BCUT2D eigenvalue weighted by atomic mass is 16.5. The number of ether oxygens (including phenoxy) is 2. The fourth-order valence-electron chi connectivity index (χ4n) is 2.24. The third kappa shape index (κ3) is 3.35. The van der Waals surface area contributed by atoms with Gasteiger partial charge in [-0.2, -0.15) is 0 Å². The highest BCUT2D eigenvalue weighted by molar-refractivity contribution is 6.19. The van der Waals surface area contributed by atoms with Gasteiger partial charge in [-0.1, -0.05) is 24.3 Å². The molecular weight excluding hydrogens is 294 g/mol. The summed E-state index contributed by atoms with van der Waals surface area (Å²) in [6.07, 6.45) is 0. The van der Waals surface area contributed by atoms with Gasteiger partial charge in [0, 0.05) is 37.1 Å². The summed E-state index contributed by atoms with van der Waals surface area (Å²) in [7, 11) is 4.77. The zero-order chi connectivity index (χ0) is 17.0. The van der Waals surface area contributed by atoms with Gasteiger partial charge in [0.25, 0.3) is 0 Å². The molecule has 0 unspecified atom stereocenters. The first kappa shape index (κ1) is 16.6. The van der Waals surface area contributed by atoms with E-state index >= 15 is 0 Å². The van der Waals surface area contributed by atoms with E-state index < -0.39 is 5.78 Å². The first-order valence-corrected chi connectivity index (χ1v) is 6.96. The minimum Gasteiger partial charge on any atom is -0.504 e. The van der Waals surface area contributed by atoms with Gasteiger partial charge in [0.1, 0.15) is 5.75 Å². The van der Waals surface area contributed by atoms with Crippen molar-refractivity contribution in [3.8, 4) is 5.75 Å². The van der Waals surface area contributed by atoms with Crippen LogP contribution < -0.4 is 10.5 Å². The number of methoxy groups -OCH3 is 2. The first-order valence-electron chi connectivity index (χ1n) is 6.96. The lowest BCUT2D eigenvalue weighted by Gasteiger charge is -2.06. The largest absolute Gasteiger partial charge is 0.504 e. The number of ketones is 1. The van der Waals surface area contributed by atoms with E-state index in [1.54, 1.807) is 32.4 Å². The van der Waals surface area contributed by atoms with Crippen molar-refractivity contribution in [1.29, 1.82) is 0 Å². The molecule has 23 heavy (non-hydrogen) atoms. The number of benzene rings is 2. The van der Waals surface area contributed by atoms with E-state index in [0.717, 1.165) is 11.1 Å². The molecule has 120 valence electrons. The number of aliphatic hydroxyl groups is 1. The normalized spacial score (nSPS) is 11.0. The van der Waals surface area contributed by atoms with Crippen LogP contribution in [0, 0.1) is 0 Å². The minimum absolute atomic E-state index is 0.261. The standard InChI is InChI=1S/C16H13NO3.C2H6O/c1-20-9-6-7-12(13(17)8-9)15(18)16(19)14-10-4-2-3-5-11(10)14;1-3-2/h2-8,19H,17H2,1H3;1-2H3. The van der Waals surface area contributed by atoms with E-state index in [9.17, 15) is 9.90 Å². The number of carbonyl (C=O) groups excluding carboxylic acids is 1. The number of hydrogen-bond acceptors (Lipinski definition) is 5. The molecule has 0 bridgehead atoms. The van der Waals surface area contributed by atoms with Crippen molar-refractivity contribution < 1.29 is 19.4 Å². The average Bonchev–Trinajstić information content (AvgIpc) is 3.28. The zero-order valence-electron chi connectivity index (χ0n) is 13.3. The summed E-state index contributed by atoms with van der Waals surface area (Å²) in [5, 5.41) is 10.1. The van der Waals surface area contributed by atoms with Crippen molar-refractivity contribution in [3.63, 3.8) is 0 Å². The van der Waals surface area contributed by atoms with Crippen LogP contribution in [-0.2, 0) is 4.74 Å². The van der Waals surface area contributed by atoms with Crippen LogP contribution in [0.5, 0.6) is 5.75 Å². The number of nitrogens with two attached hydrogens (primary N) is 1. The fourth-order valence-corrected chi connectivity index (χ4v) is 2.24. The number of carbonyl (C=O) groups is 1. The summed E-state index contributed by atoms with van der Waals surface area (Å²) in [5.74, 6) is -0.166. The Morgan fingerprint density at radius 2 is 1.61 bits per heavy atom. The van der Waals surface area contributed by atoms with Crippen molar-refractivity contribution >= 4 is 17.0 Å². The number of nitrogen functional groups attached to an aromatic ring is 1. The monoisotopic (exact) mass is 313 g/mol. The van der Waals surface area contributed by atoms with Crippen LogP contribution in [0.15, 0.2) is 48.2 Å². The SMILES string of the molecule is COC.COc1ccc(C(=O)C(O)=C2c3ccccc32)c(N)c1. The Bertz CT molecular complexity index is 740. The van der Waals surface area contributed by atoms with Crippen LogP contribution in [0.4, 0.5) is 5.69 Å². The molecule has 0 spiro atoms. The summed E-state index contributed by atoms with van der Waals surface area (Å²) in [5.41, 5.74) is 8.80. The van der Waals surface area contributed by atoms with Gasteiger partial charge in [0.2, 0.25) is 5.78 Å². The molecule has 5 nitrogen and oxygen atoms in total. The topological polar surface area (TPSA) is 81.8 Å². The third-order valence-electron chi connectivity index (χ3n) is 3.36. The van der Waals surface area contributed by atoms with Gasteiger partial charge in [0.05, 0.1) is 7.11 Å². The Labute approximate surface area is 135 Å². The second-order valence-corrected chi connectivity index (χ2v) is 4.96. The van der Waals surface area contributed by atoms with E-state index in [0.29, 0.717) is 11.3 Å². The molecule has 0 aromatic heterocycles. The van der Waals surface area contributed by atoms with Crippen LogP contribution in [-0.4, -0.2) is 32.2 Å². The fraction of sp³-hybridized carbons (Fsp3) is 0.167. The molecule has 0 aliphatic heterocycles. The van der Waals surface area contributed by atoms with Crippen LogP contribution in [0.3, 0.4) is 0 Å². The van der Waals surface area contributed by atoms with Gasteiger partial charge in [-0.25, -0.2) is 0 Å². The average molecular weight is 313 g/mol. The smallest absolute Gasteiger partial charge is 0.230 e. The van der Waals surface area contributed by atoms with Crippen LogP contribution in [0.2, 0.25) is 0 Å². The molecule has 2 aromatic rings. The van der Waals surface area contributed by atoms with Crippen LogP contribution in [0.1, 0.15) is 21.5 Å². The molecule has 3 rings (SSSR count). The van der Waals surface area contributed by atoms with Crippen LogP contribution in [0.25, 0.3) is 5.57 Å². The number of allylic oxidation sites excluding steroid dienone is 1. The maximum Gasteiger partial charge on any atom is 0.230 e. The number of Topliss-reactive ketones (excluding diaryl/α,β-unsaturated/α-hetero) is 1. The Morgan fingerprint density at radius 3 is 2.09 bits per heavy atom. The molecule has 1 aliphatic carbocycles. The lowest BCUT2D eigenvalue weighted by atomic mass is 10.1. The quantitative estimate of drug-likeness (QED) is 0.336. The molecular formula is C18H19NO4. The Morgan fingerprint density at radius 1 is 1.04 bits per heavy atom. The molecule has 5 heteroatoms. The highest BCUT2D eigenvalue weighted by Crippen LogP contribution is 2.44. The van der Waals surface area contributed by atoms with E-state index in [-0.39, 0.29) is 17.0 Å². The lowest BCUT2D eigenvalue weighted by Crippen LogP contribution is -2.07. The Hall–Kier alpha value is -2.79. The summed E-state index contributed by atoms with van der Waals surface area (Å²) >= 11 is 0. The van der Waals surface area contributed by atoms with Crippen LogP contribution >= 0.6 is 0 Å². The van der Waals surface area contributed by atoms with Crippen molar-refractivity contribution in [2.24, 2.45) is 0 Å². The molecule has 1 aliphatic rings. The van der Waals surface area contributed by atoms with Crippen molar-refractivity contribution in [3.05, 3.63) is 64.9 Å². The van der Waals surface area contributed by atoms with Crippen molar-refractivity contribution in [2.45, 2.75) is 0 Å². The molecule has 3 N–H and O–H groups in total. The molecule has 2 aromatic carbocycles. The summed E-state index contributed by atoms with van der Waals surface area (Å²) in [6, 6.07) is 12.2. The zero-order valence-corrected chi connectivity index (χ0v) is 13.3. The summed E-state index contributed by atoms with van der Waals surface area (Å²) in [6.45, 7) is 0. The van der Waals surface area contributed by atoms with Crippen molar-refractivity contribution in [1.82, 2.24) is 0 Å². The van der Waals surface area contributed by atoms with Gasteiger partial charge in [0.15, 0.2) is 5.76 Å². The van der Waals surface area contributed by atoms with Gasteiger partial charge in [-0.05, 0) is 23.3 Å². The predicted octanol–water partition coefficient (Wildman–Crippen LogP) is 3.05. The van der Waals surface area contributed by atoms with E-state index in [1.165, 1.54) is 7.11 Å². The first-order chi connectivity index (χ1) is 11.0. The number of anilines is 1. The molecule has 0 fully saturated rings. The maximum atomic E-state index is 12.3. The van der Waals surface area contributed by atoms with Gasteiger partial charge < -0.3 is 20.3 Å². The number of hydrogen-bond donors (Lipinski definition) is 2. The maximum absolute atomic E-state index is 12.3. The van der Waals surface area contributed by atoms with E-state index in [1.807, 2.05) is 24.3 Å². The summed E-state index contributed by atoms with van der Waals surface area (Å²) < 4.78 is 9.28. The second kappa shape index (κ2) is 6.98. The molecule has 0 atom stereocenters. The van der Waals surface area contributed by atoms with E-state index in [4.69, 9.17) is 10.5 Å². The van der Waals surface area contributed by atoms with Gasteiger partial charge in [-0.3, -0.25) is 4.79 Å². The van der Waals surface area contributed by atoms with E-state index in [2.05, 4.69) is 4.74 Å². The number of rotatable bonds is 3. The predicted molar refractivity (Wildman–Crippen MR) is 89.8 cm³/mol. The molecule has 0 amide bonds. The molecule has 0 saturated heterocycles. The number of fused-ring (bicyclic) bond motifs is 1. The number of aliphatic hydroxyl groups excluding tert-OH is 1. The van der Waals surface area contributed by atoms with Gasteiger partial charge in [-0.15, -0.1) is 0 Å². The Kier molecular flexibility index (Phi) is 5.03. The van der Waals surface area contributed by atoms with Crippen molar-refractivity contribution in [2.75, 3.05) is 27.1 Å². The molecule has 0 radical (unpaired) electrons. The second-order valence-electron chi connectivity index (χ2n) is 4.96. The lowest BCUT2D eigenvalue weighted by molar-refractivity contribution is 0.0981. The minimum atomic E-state index is -0.476. The highest BCUT2D eigenvalue weighted by Gasteiger charge is 2.31. The summed E-state index contributed by atoms with van der Waals surface area (Å²) in [4.78, 5) is 12.3. The molecule has 0 heterocycles. The molecule has 0 saturated carbocycles. The Balaban J connectivity index is 0.000000595. The third-order valence-corrected chi connectivity index (χ3v) is 3.36.